The van der Waals surface area contributed by atoms with Crippen molar-refractivity contribution < 1.29 is 14.2 Å². The van der Waals surface area contributed by atoms with E-state index < -0.39 is 0 Å². The maximum atomic E-state index is 14.5. The van der Waals surface area contributed by atoms with Crippen molar-refractivity contribution in [3.8, 4) is 5.88 Å². The average Bonchev–Trinajstić information content (AvgIpc) is 2.96. The van der Waals surface area contributed by atoms with Crippen LogP contribution < -0.4 is 9.64 Å². The van der Waals surface area contributed by atoms with Crippen molar-refractivity contribution >= 4 is 16.7 Å². The molecule has 1 unspecified atom stereocenters. The molecule has 1 N–H and O–H groups in total. The third-order valence-corrected chi connectivity index (χ3v) is 5.64. The lowest BCUT2D eigenvalue weighted by molar-refractivity contribution is 0.144. The molecule has 1 atom stereocenters. The van der Waals surface area contributed by atoms with Gasteiger partial charge in [-0.3, -0.25) is 4.98 Å². The van der Waals surface area contributed by atoms with E-state index >= 15 is 0 Å². The van der Waals surface area contributed by atoms with Crippen LogP contribution in [-0.2, 0) is 0 Å². The number of aliphatic hydroxyl groups excluding tert-OH is 1. The predicted molar refractivity (Wildman–Crippen MR) is 89.8 cm³/mol. The second-order valence-corrected chi connectivity index (χ2v) is 7.06. The van der Waals surface area contributed by atoms with Crippen molar-refractivity contribution in [3.05, 3.63) is 24.1 Å². The first kappa shape index (κ1) is 15.6. The number of anilines is 1. The second kappa shape index (κ2) is 5.84. The van der Waals surface area contributed by atoms with E-state index in [4.69, 9.17) is 4.74 Å². The highest BCUT2D eigenvalue weighted by atomic mass is 19.1. The van der Waals surface area contributed by atoms with Crippen LogP contribution in [0.5, 0.6) is 5.88 Å². The van der Waals surface area contributed by atoms with E-state index in [2.05, 4.69) is 14.9 Å². The van der Waals surface area contributed by atoms with Crippen LogP contribution in [0.4, 0.5) is 10.1 Å². The fraction of sp³-hybridized carbons (Fsp3) is 0.556. The van der Waals surface area contributed by atoms with Gasteiger partial charge in [0, 0.05) is 19.2 Å². The summed E-state index contributed by atoms with van der Waals surface area (Å²) in [6, 6.07) is 3.55. The summed E-state index contributed by atoms with van der Waals surface area (Å²) in [6.07, 6.45) is 5.93. The molecule has 1 saturated carbocycles. The second-order valence-electron chi connectivity index (χ2n) is 7.06. The van der Waals surface area contributed by atoms with E-state index in [1.165, 1.54) is 6.20 Å². The van der Waals surface area contributed by atoms with E-state index in [9.17, 15) is 9.50 Å². The molecule has 0 bridgehead atoms. The Morgan fingerprint density at radius 3 is 2.75 bits per heavy atom. The Hall–Kier alpha value is -1.95. The van der Waals surface area contributed by atoms with Gasteiger partial charge in [-0.15, -0.1) is 0 Å². The lowest BCUT2D eigenvalue weighted by Crippen LogP contribution is -2.39. The van der Waals surface area contributed by atoms with Crippen molar-refractivity contribution in [1.29, 1.82) is 0 Å². The molecule has 0 aromatic carbocycles. The first-order chi connectivity index (χ1) is 11.6. The van der Waals surface area contributed by atoms with Crippen LogP contribution in [0.1, 0.15) is 32.1 Å². The van der Waals surface area contributed by atoms with E-state index in [-0.39, 0.29) is 17.3 Å². The van der Waals surface area contributed by atoms with Gasteiger partial charge in [0.2, 0.25) is 5.88 Å². The molecule has 1 spiro atoms. The number of rotatable bonds is 2. The van der Waals surface area contributed by atoms with Gasteiger partial charge in [-0.05, 0) is 43.6 Å². The summed E-state index contributed by atoms with van der Waals surface area (Å²) >= 11 is 0. The quantitative estimate of drug-likeness (QED) is 0.917. The van der Waals surface area contributed by atoms with E-state index in [0.717, 1.165) is 45.2 Å². The van der Waals surface area contributed by atoms with E-state index in [0.29, 0.717) is 22.6 Å². The number of fused-ring (bicyclic) bond motifs is 1. The summed E-state index contributed by atoms with van der Waals surface area (Å²) in [5.41, 5.74) is 1.98. The highest BCUT2D eigenvalue weighted by molar-refractivity contribution is 5.88. The summed E-state index contributed by atoms with van der Waals surface area (Å²) in [5.74, 6) is 0.120. The Kier molecular flexibility index (Phi) is 3.79. The van der Waals surface area contributed by atoms with Crippen LogP contribution >= 0.6 is 0 Å². The summed E-state index contributed by atoms with van der Waals surface area (Å²) in [7, 11) is 1.55. The number of aromatic nitrogens is 2. The fourth-order valence-corrected chi connectivity index (χ4v) is 4.26. The Morgan fingerprint density at radius 2 is 2.08 bits per heavy atom. The van der Waals surface area contributed by atoms with Gasteiger partial charge in [-0.1, -0.05) is 0 Å². The monoisotopic (exact) mass is 331 g/mol. The molecule has 2 aliphatic rings. The summed E-state index contributed by atoms with van der Waals surface area (Å²) < 4.78 is 19.7. The third-order valence-electron chi connectivity index (χ3n) is 5.64. The summed E-state index contributed by atoms with van der Waals surface area (Å²) in [5, 5.41) is 9.87. The van der Waals surface area contributed by atoms with E-state index in [1.54, 1.807) is 13.2 Å². The fourth-order valence-electron chi connectivity index (χ4n) is 4.26. The van der Waals surface area contributed by atoms with Crippen LogP contribution in [0.2, 0.25) is 0 Å². The van der Waals surface area contributed by atoms with Crippen LogP contribution in [0.15, 0.2) is 18.3 Å². The summed E-state index contributed by atoms with van der Waals surface area (Å²) in [6.45, 7) is 1.56. The molecule has 2 aromatic rings. The van der Waals surface area contributed by atoms with Gasteiger partial charge >= 0.3 is 0 Å². The molecule has 0 radical (unpaired) electrons. The normalized spacial score (nSPS) is 23.1. The highest BCUT2D eigenvalue weighted by Gasteiger charge is 2.41. The molecular formula is C18H22FN3O2. The average molecular weight is 331 g/mol. The molecule has 4 rings (SSSR count). The van der Waals surface area contributed by atoms with Crippen LogP contribution in [0.25, 0.3) is 11.0 Å². The number of ether oxygens (including phenoxy) is 1. The Bertz CT molecular complexity index is 759. The van der Waals surface area contributed by atoms with Gasteiger partial charge in [0.15, 0.2) is 5.82 Å². The molecule has 24 heavy (non-hydrogen) atoms. The number of methoxy groups -OCH3 is 1. The highest BCUT2D eigenvalue weighted by Crippen LogP contribution is 2.47. The predicted octanol–water partition coefficient (Wildman–Crippen LogP) is 2.91. The van der Waals surface area contributed by atoms with Crippen molar-refractivity contribution in [2.75, 3.05) is 25.1 Å². The van der Waals surface area contributed by atoms with Gasteiger partial charge < -0.3 is 14.7 Å². The van der Waals surface area contributed by atoms with E-state index in [1.807, 2.05) is 6.07 Å². The minimum absolute atomic E-state index is 0.166. The lowest BCUT2D eigenvalue weighted by Gasteiger charge is -2.40. The van der Waals surface area contributed by atoms with Gasteiger partial charge in [-0.2, -0.15) is 0 Å². The number of aliphatic hydroxyl groups is 1. The maximum Gasteiger partial charge on any atom is 0.213 e. The van der Waals surface area contributed by atoms with Gasteiger partial charge in [0.1, 0.15) is 11.2 Å². The molecule has 1 aliphatic carbocycles. The molecule has 6 heteroatoms. The minimum atomic E-state index is -0.342. The summed E-state index contributed by atoms with van der Waals surface area (Å²) in [4.78, 5) is 10.6. The molecule has 5 nitrogen and oxygen atoms in total. The van der Waals surface area contributed by atoms with Gasteiger partial charge in [-0.25, -0.2) is 9.37 Å². The van der Waals surface area contributed by atoms with Crippen molar-refractivity contribution in [3.63, 3.8) is 0 Å². The first-order valence-corrected chi connectivity index (χ1v) is 8.52. The van der Waals surface area contributed by atoms with Gasteiger partial charge in [0.25, 0.3) is 0 Å². The zero-order valence-electron chi connectivity index (χ0n) is 13.8. The molecule has 0 amide bonds. The molecule has 128 valence electrons. The minimum Gasteiger partial charge on any atom is -0.481 e. The zero-order valence-corrected chi connectivity index (χ0v) is 13.8. The van der Waals surface area contributed by atoms with Crippen LogP contribution in [0, 0.1) is 11.2 Å². The molecule has 1 aliphatic heterocycles. The van der Waals surface area contributed by atoms with Crippen LogP contribution in [-0.4, -0.2) is 41.4 Å². The number of hydrogen-bond donors (Lipinski definition) is 1. The number of nitrogens with zero attached hydrogens (tertiary/aromatic N) is 3. The SMILES string of the molecule is COc1ccc2ncc(F)c(N3CCC4(CCC(O)C4)CC3)c2n1. The third kappa shape index (κ3) is 2.59. The number of hydrogen-bond acceptors (Lipinski definition) is 5. The van der Waals surface area contributed by atoms with Crippen molar-refractivity contribution in [2.45, 2.75) is 38.2 Å². The number of halogens is 1. The van der Waals surface area contributed by atoms with Crippen LogP contribution in [0.3, 0.4) is 0 Å². The topological polar surface area (TPSA) is 58.5 Å². The molecule has 1 saturated heterocycles. The Labute approximate surface area is 140 Å². The van der Waals surface area contributed by atoms with Crippen molar-refractivity contribution in [1.82, 2.24) is 9.97 Å². The smallest absolute Gasteiger partial charge is 0.213 e. The Balaban J connectivity index is 1.66. The Morgan fingerprint density at radius 1 is 1.29 bits per heavy atom. The number of piperidine rings is 1. The number of pyridine rings is 2. The zero-order chi connectivity index (χ0) is 16.7. The molecular weight excluding hydrogens is 309 g/mol. The first-order valence-electron chi connectivity index (χ1n) is 8.52. The molecule has 3 heterocycles. The molecule has 2 fully saturated rings. The maximum absolute atomic E-state index is 14.5. The lowest BCUT2D eigenvalue weighted by atomic mass is 9.77. The molecule has 2 aromatic heterocycles. The van der Waals surface area contributed by atoms with Gasteiger partial charge in [0.05, 0.1) is 24.9 Å². The largest absolute Gasteiger partial charge is 0.481 e. The van der Waals surface area contributed by atoms with Crippen molar-refractivity contribution in [2.24, 2.45) is 5.41 Å². The standard InChI is InChI=1S/C18H22FN3O2/c1-24-15-3-2-14-16(21-15)17(13(19)11-20-14)22-8-6-18(7-9-22)5-4-12(23)10-18/h2-3,11-12,23H,4-10H2,1H3.